The minimum absolute atomic E-state index is 0.0469. The van der Waals surface area contributed by atoms with Gasteiger partial charge in [0, 0.05) is 12.8 Å². The standard InChI is InChI=1S/C44H74O13P2/c1-3-5-7-9-11-13-15-17-19-20-22-24-26-28-30-32-34-36-44(47)57-42(40-56-59(51,52)55-38-41(45)37-54-58(48,49)50)39-53-43(46)35-33-31-29-27-25-23-21-18-16-14-12-10-8-6-4-2/h6,8,11-14,17-19,21-22,24,28,30,41-42,45H,3-5,7,9-10,15-16,20,23,25-27,29,31-40H2,1-2H3,(H,51,52)(H2,48,49,50). The molecule has 0 aliphatic rings. The zero-order valence-corrected chi connectivity index (χ0v) is 37.4. The Bertz CT molecular complexity index is 1360. The van der Waals surface area contributed by atoms with Gasteiger partial charge in [-0.25, -0.2) is 9.13 Å². The van der Waals surface area contributed by atoms with E-state index in [1.807, 2.05) is 12.2 Å². The van der Waals surface area contributed by atoms with Crippen molar-refractivity contribution in [3.8, 4) is 0 Å². The SMILES string of the molecule is CCC=CCC=CCC=CCCCCCCCC(=O)OCC(COP(=O)(O)OCC(O)COP(=O)(O)O)OC(=O)CCCC=CCC=CCC=CCC=CCCCCC. The zero-order chi connectivity index (χ0) is 43.7. The predicted octanol–water partition coefficient (Wildman–Crippen LogP) is 10.8. The highest BCUT2D eigenvalue weighted by Crippen LogP contribution is 2.43. The number of rotatable bonds is 39. The summed E-state index contributed by atoms with van der Waals surface area (Å²) < 4.78 is 47.7. The van der Waals surface area contributed by atoms with Crippen molar-refractivity contribution in [1.29, 1.82) is 0 Å². The van der Waals surface area contributed by atoms with Crippen molar-refractivity contribution < 1.29 is 61.6 Å². The molecule has 0 radical (unpaired) electrons. The number of allylic oxidation sites excluding steroid dienone is 14. The Labute approximate surface area is 354 Å². The first-order valence-electron chi connectivity index (χ1n) is 21.3. The Morgan fingerprint density at radius 2 is 0.949 bits per heavy atom. The number of carbonyl (C=O) groups is 2. The monoisotopic (exact) mass is 872 g/mol. The van der Waals surface area contributed by atoms with Crippen molar-refractivity contribution >= 4 is 27.6 Å². The molecule has 4 N–H and O–H groups in total. The third-order valence-electron chi connectivity index (χ3n) is 8.26. The highest BCUT2D eigenvalue weighted by Gasteiger charge is 2.28. The molecule has 0 aliphatic carbocycles. The maximum absolute atomic E-state index is 12.6. The average Bonchev–Trinajstić information content (AvgIpc) is 3.19. The van der Waals surface area contributed by atoms with Crippen molar-refractivity contribution in [1.82, 2.24) is 0 Å². The summed E-state index contributed by atoms with van der Waals surface area (Å²) >= 11 is 0. The number of aliphatic hydroxyl groups excluding tert-OH is 1. The van der Waals surface area contributed by atoms with E-state index in [2.05, 4.69) is 95.8 Å². The number of unbranched alkanes of at least 4 members (excludes halogenated alkanes) is 9. The molecule has 0 aromatic carbocycles. The molecule has 3 atom stereocenters. The van der Waals surface area contributed by atoms with Gasteiger partial charge in [-0.2, -0.15) is 0 Å². The minimum atomic E-state index is -4.87. The van der Waals surface area contributed by atoms with Crippen LogP contribution in [0.5, 0.6) is 0 Å². The Morgan fingerprint density at radius 3 is 1.49 bits per heavy atom. The summed E-state index contributed by atoms with van der Waals surface area (Å²) in [5.41, 5.74) is 0. The first-order chi connectivity index (χ1) is 28.4. The van der Waals surface area contributed by atoms with Crippen LogP contribution in [0.3, 0.4) is 0 Å². The van der Waals surface area contributed by atoms with Gasteiger partial charge in [0.25, 0.3) is 0 Å². The predicted molar refractivity (Wildman–Crippen MR) is 234 cm³/mol. The molecule has 59 heavy (non-hydrogen) atoms. The molecular weight excluding hydrogens is 798 g/mol. The van der Waals surface area contributed by atoms with Crippen molar-refractivity contribution in [2.45, 2.75) is 154 Å². The Morgan fingerprint density at radius 1 is 0.508 bits per heavy atom. The molecule has 15 heteroatoms. The molecule has 0 spiro atoms. The van der Waals surface area contributed by atoms with Crippen LogP contribution in [0.1, 0.15) is 142 Å². The molecule has 0 aromatic heterocycles. The topological polar surface area (TPSA) is 195 Å². The minimum Gasteiger partial charge on any atom is -0.462 e. The summed E-state index contributed by atoms with van der Waals surface area (Å²) in [6.07, 6.45) is 44.4. The van der Waals surface area contributed by atoms with Crippen LogP contribution in [0.25, 0.3) is 0 Å². The second-order valence-electron chi connectivity index (χ2n) is 13.9. The van der Waals surface area contributed by atoms with Crippen LogP contribution in [-0.4, -0.2) is 70.4 Å². The van der Waals surface area contributed by atoms with Crippen LogP contribution in [0.15, 0.2) is 85.1 Å². The second-order valence-corrected chi connectivity index (χ2v) is 16.6. The van der Waals surface area contributed by atoms with E-state index < -0.39 is 66.2 Å². The summed E-state index contributed by atoms with van der Waals surface area (Å²) in [7, 11) is -9.70. The summed E-state index contributed by atoms with van der Waals surface area (Å²) in [6.45, 7) is 1.52. The average molecular weight is 873 g/mol. The van der Waals surface area contributed by atoms with E-state index in [4.69, 9.17) is 23.8 Å². The smallest absolute Gasteiger partial charge is 0.462 e. The fourth-order valence-corrected chi connectivity index (χ4v) is 6.21. The number of phosphoric acid groups is 2. The highest BCUT2D eigenvalue weighted by atomic mass is 31.2. The molecule has 3 unspecified atom stereocenters. The molecule has 338 valence electrons. The lowest BCUT2D eigenvalue weighted by molar-refractivity contribution is -0.161. The van der Waals surface area contributed by atoms with Gasteiger partial charge in [-0.1, -0.05) is 131 Å². The second kappa shape index (κ2) is 39.4. The Kier molecular flexibility index (Phi) is 37.6. The van der Waals surface area contributed by atoms with Crippen molar-refractivity contribution in [2.75, 3.05) is 26.4 Å². The molecule has 0 bridgehead atoms. The van der Waals surface area contributed by atoms with Gasteiger partial charge in [-0.3, -0.25) is 23.2 Å². The lowest BCUT2D eigenvalue weighted by Crippen LogP contribution is -2.29. The van der Waals surface area contributed by atoms with Gasteiger partial charge in [0.05, 0.1) is 19.8 Å². The molecule has 0 heterocycles. The number of aliphatic hydroxyl groups is 1. The lowest BCUT2D eigenvalue weighted by Gasteiger charge is -2.20. The quantitative estimate of drug-likeness (QED) is 0.0197. The fourth-order valence-electron chi connectivity index (χ4n) is 5.06. The Balaban J connectivity index is 4.67. The van der Waals surface area contributed by atoms with Crippen LogP contribution in [0.4, 0.5) is 0 Å². The summed E-state index contributed by atoms with van der Waals surface area (Å²) in [4.78, 5) is 52.6. The first kappa shape index (κ1) is 56.3. The third kappa shape index (κ3) is 43.2. The van der Waals surface area contributed by atoms with Crippen LogP contribution < -0.4 is 0 Å². The molecule has 0 fully saturated rings. The molecular formula is C44H74O13P2. The number of phosphoric ester groups is 2. The van der Waals surface area contributed by atoms with E-state index in [9.17, 15) is 28.7 Å². The fraction of sp³-hybridized carbons (Fsp3) is 0.636. The number of carbonyl (C=O) groups excluding carboxylic acids is 2. The normalized spacial score (nSPS) is 14.9. The van der Waals surface area contributed by atoms with Crippen LogP contribution >= 0.6 is 15.6 Å². The molecule has 0 amide bonds. The van der Waals surface area contributed by atoms with Crippen molar-refractivity contribution in [3.05, 3.63) is 85.1 Å². The van der Waals surface area contributed by atoms with Gasteiger partial charge in [0.1, 0.15) is 12.7 Å². The van der Waals surface area contributed by atoms with Crippen LogP contribution in [0.2, 0.25) is 0 Å². The van der Waals surface area contributed by atoms with E-state index in [-0.39, 0.29) is 12.8 Å². The highest BCUT2D eigenvalue weighted by molar-refractivity contribution is 7.47. The van der Waals surface area contributed by atoms with Gasteiger partial charge in [-0.05, 0) is 83.5 Å². The maximum atomic E-state index is 12.6. The lowest BCUT2D eigenvalue weighted by atomic mass is 10.1. The molecule has 13 nitrogen and oxygen atoms in total. The van der Waals surface area contributed by atoms with E-state index in [0.29, 0.717) is 19.3 Å². The molecule has 0 aromatic rings. The number of hydrogen-bond donors (Lipinski definition) is 4. The number of esters is 2. The van der Waals surface area contributed by atoms with Gasteiger partial charge < -0.3 is 29.3 Å². The number of hydrogen-bond acceptors (Lipinski definition) is 10. The zero-order valence-electron chi connectivity index (χ0n) is 35.6. The van der Waals surface area contributed by atoms with E-state index in [0.717, 1.165) is 77.0 Å². The van der Waals surface area contributed by atoms with Gasteiger partial charge in [0.2, 0.25) is 0 Å². The molecule has 0 rings (SSSR count). The largest absolute Gasteiger partial charge is 0.472 e. The van der Waals surface area contributed by atoms with Crippen LogP contribution in [-0.2, 0) is 41.8 Å². The summed E-state index contributed by atoms with van der Waals surface area (Å²) in [5.74, 6) is -1.13. The van der Waals surface area contributed by atoms with E-state index >= 15 is 0 Å². The Hall–Kier alpha value is -2.70. The first-order valence-corrected chi connectivity index (χ1v) is 24.3. The maximum Gasteiger partial charge on any atom is 0.472 e. The van der Waals surface area contributed by atoms with Crippen molar-refractivity contribution in [3.63, 3.8) is 0 Å². The van der Waals surface area contributed by atoms with Gasteiger partial charge >= 0.3 is 27.6 Å². The van der Waals surface area contributed by atoms with E-state index in [1.165, 1.54) is 19.3 Å². The summed E-state index contributed by atoms with van der Waals surface area (Å²) in [6, 6.07) is 0. The van der Waals surface area contributed by atoms with Crippen LogP contribution in [0, 0.1) is 0 Å². The van der Waals surface area contributed by atoms with Crippen molar-refractivity contribution in [2.24, 2.45) is 0 Å². The number of ether oxygens (including phenoxy) is 2. The molecule has 0 saturated carbocycles. The van der Waals surface area contributed by atoms with Gasteiger partial charge in [-0.15, -0.1) is 0 Å². The molecule has 0 saturated heterocycles. The third-order valence-corrected chi connectivity index (χ3v) is 9.69. The molecule has 0 aliphatic heterocycles. The van der Waals surface area contributed by atoms with E-state index in [1.54, 1.807) is 0 Å². The van der Waals surface area contributed by atoms with Gasteiger partial charge in [0.15, 0.2) is 6.10 Å². The summed E-state index contributed by atoms with van der Waals surface area (Å²) in [5, 5.41) is 9.74.